The average molecular weight is 295 g/mol. The molecule has 0 amide bonds. The highest BCUT2D eigenvalue weighted by atomic mass is 35.5. The van der Waals surface area contributed by atoms with Crippen LogP contribution in [-0.4, -0.2) is 29.5 Å². The van der Waals surface area contributed by atoms with Gasteiger partial charge in [0.1, 0.15) is 5.15 Å². The van der Waals surface area contributed by atoms with Gasteiger partial charge in [0, 0.05) is 11.6 Å². The van der Waals surface area contributed by atoms with Crippen molar-refractivity contribution in [3.8, 4) is 0 Å². The topological polar surface area (TPSA) is 16.1 Å². The van der Waals surface area contributed by atoms with Crippen LogP contribution in [0.5, 0.6) is 0 Å². The SMILES string of the molecule is CCCCC(c1cccc(Cl)n1)C1CCN(CC)CC1. The molecule has 2 heterocycles. The third-order valence-electron chi connectivity index (χ3n) is 4.63. The number of unbranched alkanes of at least 4 members (excludes halogenated alkanes) is 1. The number of hydrogen-bond donors (Lipinski definition) is 0. The van der Waals surface area contributed by atoms with Gasteiger partial charge in [-0.25, -0.2) is 4.98 Å². The van der Waals surface area contributed by atoms with E-state index in [2.05, 4.69) is 29.8 Å². The van der Waals surface area contributed by atoms with E-state index in [9.17, 15) is 0 Å². The number of nitrogens with zero attached hydrogens (tertiary/aromatic N) is 2. The summed E-state index contributed by atoms with van der Waals surface area (Å²) in [4.78, 5) is 7.15. The van der Waals surface area contributed by atoms with E-state index >= 15 is 0 Å². The van der Waals surface area contributed by atoms with Crippen LogP contribution in [0.2, 0.25) is 5.15 Å². The Balaban J connectivity index is 2.07. The number of halogens is 1. The maximum atomic E-state index is 6.09. The number of hydrogen-bond acceptors (Lipinski definition) is 2. The Bertz CT molecular complexity index is 400. The lowest BCUT2D eigenvalue weighted by Gasteiger charge is -2.35. The van der Waals surface area contributed by atoms with E-state index < -0.39 is 0 Å². The zero-order valence-electron chi connectivity index (χ0n) is 12.8. The van der Waals surface area contributed by atoms with Crippen LogP contribution in [0.25, 0.3) is 0 Å². The summed E-state index contributed by atoms with van der Waals surface area (Å²) in [6.45, 7) is 8.19. The van der Waals surface area contributed by atoms with E-state index in [1.807, 2.05) is 12.1 Å². The summed E-state index contributed by atoms with van der Waals surface area (Å²) in [5.74, 6) is 1.36. The molecule has 0 aromatic carbocycles. The molecule has 0 bridgehead atoms. The third kappa shape index (κ3) is 4.20. The first kappa shape index (κ1) is 15.8. The molecule has 0 radical (unpaired) electrons. The molecule has 1 atom stereocenters. The number of pyridine rings is 1. The highest BCUT2D eigenvalue weighted by Gasteiger charge is 2.27. The van der Waals surface area contributed by atoms with Crippen molar-refractivity contribution in [2.45, 2.75) is 51.9 Å². The Morgan fingerprint density at radius 1 is 1.30 bits per heavy atom. The first-order valence-electron chi connectivity index (χ1n) is 8.09. The van der Waals surface area contributed by atoms with Crippen LogP contribution in [0.3, 0.4) is 0 Å². The predicted octanol–water partition coefficient (Wildman–Crippen LogP) is 4.74. The highest BCUT2D eigenvalue weighted by Crippen LogP contribution is 2.35. The molecular formula is C17H27ClN2. The van der Waals surface area contributed by atoms with E-state index in [1.165, 1.54) is 57.4 Å². The van der Waals surface area contributed by atoms with E-state index in [0.29, 0.717) is 11.1 Å². The summed E-state index contributed by atoms with van der Waals surface area (Å²) >= 11 is 6.09. The second-order valence-electron chi connectivity index (χ2n) is 5.91. The summed E-state index contributed by atoms with van der Waals surface area (Å²) in [6.07, 6.45) is 6.39. The van der Waals surface area contributed by atoms with Gasteiger partial charge in [0.25, 0.3) is 0 Å². The van der Waals surface area contributed by atoms with Crippen molar-refractivity contribution in [1.29, 1.82) is 0 Å². The van der Waals surface area contributed by atoms with Gasteiger partial charge in [0.2, 0.25) is 0 Å². The quantitative estimate of drug-likeness (QED) is 0.705. The predicted molar refractivity (Wildman–Crippen MR) is 86.4 cm³/mol. The Kier molecular flexibility index (Phi) is 6.31. The Morgan fingerprint density at radius 3 is 2.65 bits per heavy atom. The van der Waals surface area contributed by atoms with E-state index in [-0.39, 0.29) is 0 Å². The smallest absolute Gasteiger partial charge is 0.129 e. The molecule has 0 saturated carbocycles. The minimum atomic E-state index is 0.590. The third-order valence-corrected chi connectivity index (χ3v) is 4.84. The van der Waals surface area contributed by atoms with Gasteiger partial charge >= 0.3 is 0 Å². The maximum absolute atomic E-state index is 6.09. The second-order valence-corrected chi connectivity index (χ2v) is 6.29. The first-order chi connectivity index (χ1) is 9.74. The molecule has 0 aliphatic carbocycles. The van der Waals surface area contributed by atoms with Crippen LogP contribution < -0.4 is 0 Å². The van der Waals surface area contributed by atoms with Crippen molar-refractivity contribution < 1.29 is 0 Å². The van der Waals surface area contributed by atoms with Crippen molar-refractivity contribution in [3.05, 3.63) is 29.0 Å². The normalized spacial score (nSPS) is 19.1. The summed E-state index contributed by atoms with van der Waals surface area (Å²) in [7, 11) is 0. The summed E-state index contributed by atoms with van der Waals surface area (Å²) < 4.78 is 0. The van der Waals surface area contributed by atoms with Crippen LogP contribution in [-0.2, 0) is 0 Å². The van der Waals surface area contributed by atoms with Gasteiger partial charge in [-0.1, -0.05) is 44.4 Å². The lowest BCUT2D eigenvalue weighted by atomic mass is 9.79. The molecular weight excluding hydrogens is 268 g/mol. The first-order valence-corrected chi connectivity index (χ1v) is 8.47. The van der Waals surface area contributed by atoms with Gasteiger partial charge in [0.15, 0.2) is 0 Å². The highest BCUT2D eigenvalue weighted by molar-refractivity contribution is 6.29. The van der Waals surface area contributed by atoms with Gasteiger partial charge in [-0.3, -0.25) is 0 Å². The molecule has 0 N–H and O–H groups in total. The van der Waals surface area contributed by atoms with Gasteiger partial charge in [-0.05, 0) is 56.9 Å². The number of rotatable bonds is 6. The fraction of sp³-hybridized carbons (Fsp3) is 0.706. The zero-order chi connectivity index (χ0) is 14.4. The molecule has 20 heavy (non-hydrogen) atoms. The standard InChI is InChI=1S/C17H27ClN2/c1-3-5-7-15(16-8-6-9-17(18)19-16)14-10-12-20(4-2)13-11-14/h6,8-9,14-15H,3-5,7,10-13H2,1-2H3. The molecule has 0 spiro atoms. The molecule has 1 aromatic rings. The average Bonchev–Trinajstić information content (AvgIpc) is 2.48. The Hall–Kier alpha value is -0.600. The zero-order valence-corrected chi connectivity index (χ0v) is 13.6. The molecule has 2 rings (SSSR count). The molecule has 1 unspecified atom stereocenters. The molecule has 1 aromatic heterocycles. The van der Waals surface area contributed by atoms with Crippen LogP contribution in [0.1, 0.15) is 57.6 Å². The molecule has 1 fully saturated rings. The van der Waals surface area contributed by atoms with Gasteiger partial charge in [-0.2, -0.15) is 0 Å². The lowest BCUT2D eigenvalue weighted by Crippen LogP contribution is -2.35. The lowest BCUT2D eigenvalue weighted by molar-refractivity contribution is 0.170. The fourth-order valence-corrected chi connectivity index (χ4v) is 3.52. The van der Waals surface area contributed by atoms with Gasteiger partial charge in [0.05, 0.1) is 0 Å². The van der Waals surface area contributed by atoms with Gasteiger partial charge in [-0.15, -0.1) is 0 Å². The summed E-state index contributed by atoms with van der Waals surface area (Å²) in [5, 5.41) is 0.634. The van der Waals surface area contributed by atoms with E-state index in [0.717, 1.165) is 5.92 Å². The Labute approximate surface area is 128 Å². The molecule has 1 saturated heterocycles. The van der Waals surface area contributed by atoms with Gasteiger partial charge < -0.3 is 4.90 Å². The minimum absolute atomic E-state index is 0.590. The van der Waals surface area contributed by atoms with Crippen LogP contribution in [0, 0.1) is 5.92 Å². The largest absolute Gasteiger partial charge is 0.304 e. The number of likely N-dealkylation sites (tertiary alicyclic amines) is 1. The van der Waals surface area contributed by atoms with E-state index in [1.54, 1.807) is 0 Å². The van der Waals surface area contributed by atoms with E-state index in [4.69, 9.17) is 11.6 Å². The minimum Gasteiger partial charge on any atom is -0.304 e. The molecule has 1 aliphatic rings. The number of piperidine rings is 1. The Morgan fingerprint density at radius 2 is 2.05 bits per heavy atom. The monoisotopic (exact) mass is 294 g/mol. The molecule has 2 nitrogen and oxygen atoms in total. The van der Waals surface area contributed by atoms with Crippen molar-refractivity contribution in [2.24, 2.45) is 5.92 Å². The van der Waals surface area contributed by atoms with Crippen LogP contribution in [0.15, 0.2) is 18.2 Å². The number of aromatic nitrogens is 1. The molecule has 112 valence electrons. The van der Waals surface area contributed by atoms with Crippen molar-refractivity contribution in [2.75, 3.05) is 19.6 Å². The summed E-state index contributed by atoms with van der Waals surface area (Å²) in [6, 6.07) is 6.09. The van der Waals surface area contributed by atoms with Crippen molar-refractivity contribution >= 4 is 11.6 Å². The molecule has 1 aliphatic heterocycles. The van der Waals surface area contributed by atoms with Crippen LogP contribution >= 0.6 is 11.6 Å². The summed E-state index contributed by atoms with van der Waals surface area (Å²) in [5.41, 5.74) is 1.21. The second kappa shape index (κ2) is 7.99. The van der Waals surface area contributed by atoms with Crippen LogP contribution in [0.4, 0.5) is 0 Å². The molecule has 3 heteroatoms. The maximum Gasteiger partial charge on any atom is 0.129 e. The van der Waals surface area contributed by atoms with Crippen molar-refractivity contribution in [3.63, 3.8) is 0 Å². The fourth-order valence-electron chi connectivity index (χ4n) is 3.35. The van der Waals surface area contributed by atoms with Crippen molar-refractivity contribution in [1.82, 2.24) is 9.88 Å².